The lowest BCUT2D eigenvalue weighted by Crippen LogP contribution is -2.10. The SMILES string of the molecule is c1ccc(-c2ccc(N(c3ccc(-c4ccccc4)cc3)c3cc(-c4ccccc4)cc4oc5cc(-c6ccccc6)ccc5c34)cc2)cc1. The third-order valence-electron chi connectivity index (χ3n) is 9.47. The smallest absolute Gasteiger partial charge is 0.138 e. The van der Waals surface area contributed by atoms with Gasteiger partial charge in [0.15, 0.2) is 0 Å². The summed E-state index contributed by atoms with van der Waals surface area (Å²) in [6.07, 6.45) is 0. The summed E-state index contributed by atoms with van der Waals surface area (Å²) in [6, 6.07) is 71.0. The van der Waals surface area contributed by atoms with Crippen molar-refractivity contribution >= 4 is 39.0 Å². The molecular weight excluding hydrogens is 607 g/mol. The first-order valence-electron chi connectivity index (χ1n) is 17.0. The van der Waals surface area contributed by atoms with E-state index in [-0.39, 0.29) is 0 Å². The minimum atomic E-state index is 0.855. The van der Waals surface area contributed by atoms with E-state index in [1.54, 1.807) is 0 Å². The van der Waals surface area contributed by atoms with Crippen molar-refractivity contribution in [2.45, 2.75) is 0 Å². The molecule has 0 aliphatic carbocycles. The molecule has 0 aliphatic rings. The lowest BCUT2D eigenvalue weighted by molar-refractivity contribution is 0.669. The predicted octanol–water partition coefficient (Wildman–Crippen LogP) is 13.7. The van der Waals surface area contributed by atoms with Crippen LogP contribution in [0.5, 0.6) is 0 Å². The third kappa shape index (κ3) is 5.53. The number of nitrogens with zero attached hydrogens (tertiary/aromatic N) is 1. The summed E-state index contributed by atoms with van der Waals surface area (Å²) in [5.41, 5.74) is 14.2. The molecule has 0 saturated heterocycles. The molecule has 2 nitrogen and oxygen atoms in total. The Morgan fingerprint density at radius 3 is 1.16 bits per heavy atom. The molecule has 236 valence electrons. The molecule has 8 aromatic carbocycles. The normalized spacial score (nSPS) is 11.2. The molecule has 1 heterocycles. The first kappa shape index (κ1) is 29.5. The number of hydrogen-bond acceptors (Lipinski definition) is 2. The van der Waals surface area contributed by atoms with Gasteiger partial charge in [0.25, 0.3) is 0 Å². The van der Waals surface area contributed by atoms with Crippen LogP contribution in [0.2, 0.25) is 0 Å². The van der Waals surface area contributed by atoms with E-state index in [1.165, 1.54) is 27.8 Å². The number of furan rings is 1. The van der Waals surface area contributed by atoms with Gasteiger partial charge in [0.2, 0.25) is 0 Å². The summed E-state index contributed by atoms with van der Waals surface area (Å²) < 4.78 is 6.77. The Labute approximate surface area is 292 Å². The third-order valence-corrected chi connectivity index (χ3v) is 9.47. The average Bonchev–Trinajstić information content (AvgIpc) is 3.58. The molecule has 1 aromatic heterocycles. The Balaban J connectivity index is 1.28. The fourth-order valence-corrected chi connectivity index (χ4v) is 6.96. The van der Waals surface area contributed by atoms with Crippen molar-refractivity contribution in [2.24, 2.45) is 0 Å². The lowest BCUT2D eigenvalue weighted by atomic mass is 9.98. The zero-order chi connectivity index (χ0) is 33.3. The average molecular weight is 640 g/mol. The lowest BCUT2D eigenvalue weighted by Gasteiger charge is -2.27. The van der Waals surface area contributed by atoms with Gasteiger partial charge in [-0.15, -0.1) is 0 Å². The van der Waals surface area contributed by atoms with E-state index >= 15 is 0 Å². The molecule has 0 saturated carbocycles. The minimum Gasteiger partial charge on any atom is -0.456 e. The molecule has 0 aliphatic heterocycles. The highest BCUT2D eigenvalue weighted by molar-refractivity contribution is 6.15. The molecule has 0 unspecified atom stereocenters. The molecule has 0 bridgehead atoms. The highest BCUT2D eigenvalue weighted by Gasteiger charge is 2.22. The maximum atomic E-state index is 6.77. The van der Waals surface area contributed by atoms with Crippen molar-refractivity contribution in [1.82, 2.24) is 0 Å². The van der Waals surface area contributed by atoms with Gasteiger partial charge in [-0.3, -0.25) is 0 Å². The van der Waals surface area contributed by atoms with Gasteiger partial charge in [0.05, 0.1) is 11.1 Å². The maximum absolute atomic E-state index is 6.77. The van der Waals surface area contributed by atoms with Crippen molar-refractivity contribution < 1.29 is 4.42 Å². The van der Waals surface area contributed by atoms with Crippen molar-refractivity contribution in [3.05, 3.63) is 200 Å². The van der Waals surface area contributed by atoms with E-state index in [2.05, 4.69) is 199 Å². The van der Waals surface area contributed by atoms with Gasteiger partial charge in [-0.2, -0.15) is 0 Å². The number of benzene rings is 8. The molecule has 0 N–H and O–H groups in total. The maximum Gasteiger partial charge on any atom is 0.138 e. The van der Waals surface area contributed by atoms with Gasteiger partial charge < -0.3 is 9.32 Å². The molecule has 0 fully saturated rings. The Kier molecular flexibility index (Phi) is 7.53. The summed E-state index contributed by atoms with van der Waals surface area (Å²) in [6.45, 7) is 0. The van der Waals surface area contributed by atoms with Gasteiger partial charge in [-0.05, 0) is 93.0 Å². The molecule has 0 amide bonds. The van der Waals surface area contributed by atoms with E-state index in [1.807, 2.05) is 6.07 Å². The van der Waals surface area contributed by atoms with Crippen LogP contribution in [0.1, 0.15) is 0 Å². The topological polar surface area (TPSA) is 16.4 Å². The zero-order valence-corrected chi connectivity index (χ0v) is 27.4. The van der Waals surface area contributed by atoms with Crippen LogP contribution in [-0.4, -0.2) is 0 Å². The summed E-state index contributed by atoms with van der Waals surface area (Å²) in [7, 11) is 0. The number of rotatable bonds is 7. The molecule has 9 aromatic rings. The van der Waals surface area contributed by atoms with Crippen molar-refractivity contribution in [3.63, 3.8) is 0 Å². The van der Waals surface area contributed by atoms with Gasteiger partial charge in [0, 0.05) is 16.8 Å². The van der Waals surface area contributed by atoms with Gasteiger partial charge in [-0.1, -0.05) is 152 Å². The second kappa shape index (κ2) is 12.8. The standard InChI is InChI=1S/C48H33NO/c1-5-13-34(14-6-1)38-21-26-42(27-22-38)49(43-28-23-39(24-29-43)35-15-7-2-8-16-35)45-31-41(37-19-11-4-12-20-37)33-47-48(45)44-30-25-40(32-46(44)50-47)36-17-9-3-10-18-36/h1-33H. The van der Waals surface area contributed by atoms with E-state index in [0.29, 0.717) is 0 Å². The Morgan fingerprint density at radius 2 is 0.680 bits per heavy atom. The molecule has 0 spiro atoms. The van der Waals surface area contributed by atoms with E-state index < -0.39 is 0 Å². The summed E-state index contributed by atoms with van der Waals surface area (Å²) in [5.74, 6) is 0. The summed E-state index contributed by atoms with van der Waals surface area (Å²) >= 11 is 0. The first-order valence-corrected chi connectivity index (χ1v) is 17.0. The van der Waals surface area contributed by atoms with Crippen LogP contribution < -0.4 is 4.90 Å². The van der Waals surface area contributed by atoms with Crippen LogP contribution >= 0.6 is 0 Å². The monoisotopic (exact) mass is 639 g/mol. The van der Waals surface area contributed by atoms with Gasteiger partial charge in [-0.25, -0.2) is 0 Å². The Hall–Kier alpha value is -6.64. The number of fused-ring (bicyclic) bond motifs is 3. The molecule has 9 rings (SSSR count). The van der Waals surface area contributed by atoms with Crippen LogP contribution in [0, 0.1) is 0 Å². The van der Waals surface area contributed by atoms with Crippen LogP contribution in [0.4, 0.5) is 17.1 Å². The minimum absolute atomic E-state index is 0.855. The second-order valence-corrected chi connectivity index (χ2v) is 12.6. The molecule has 50 heavy (non-hydrogen) atoms. The van der Waals surface area contributed by atoms with Gasteiger partial charge in [0.1, 0.15) is 11.2 Å². The Morgan fingerprint density at radius 1 is 0.300 bits per heavy atom. The zero-order valence-electron chi connectivity index (χ0n) is 27.4. The number of anilines is 3. The van der Waals surface area contributed by atoms with Crippen LogP contribution in [-0.2, 0) is 0 Å². The van der Waals surface area contributed by atoms with Crippen LogP contribution in [0.3, 0.4) is 0 Å². The quantitative estimate of drug-likeness (QED) is 0.173. The van der Waals surface area contributed by atoms with Crippen molar-refractivity contribution in [3.8, 4) is 44.5 Å². The van der Waals surface area contributed by atoms with Crippen LogP contribution in [0.15, 0.2) is 205 Å². The van der Waals surface area contributed by atoms with Gasteiger partial charge >= 0.3 is 0 Å². The summed E-state index contributed by atoms with van der Waals surface area (Å²) in [5, 5.41) is 2.17. The predicted molar refractivity (Wildman–Crippen MR) is 210 cm³/mol. The Bertz CT molecular complexity index is 2450. The van der Waals surface area contributed by atoms with Crippen molar-refractivity contribution in [1.29, 1.82) is 0 Å². The highest BCUT2D eigenvalue weighted by Crippen LogP contribution is 2.46. The van der Waals surface area contributed by atoms with E-state index in [0.717, 1.165) is 55.7 Å². The molecule has 2 heteroatoms. The highest BCUT2D eigenvalue weighted by atomic mass is 16.3. The van der Waals surface area contributed by atoms with Crippen molar-refractivity contribution in [2.75, 3.05) is 4.90 Å². The molecular formula is C48H33NO. The second-order valence-electron chi connectivity index (χ2n) is 12.6. The fraction of sp³-hybridized carbons (Fsp3) is 0. The van der Waals surface area contributed by atoms with Crippen LogP contribution in [0.25, 0.3) is 66.4 Å². The summed E-state index contributed by atoms with van der Waals surface area (Å²) in [4.78, 5) is 2.37. The van der Waals surface area contributed by atoms with E-state index in [9.17, 15) is 0 Å². The molecule has 0 atom stereocenters. The van der Waals surface area contributed by atoms with E-state index in [4.69, 9.17) is 4.42 Å². The largest absolute Gasteiger partial charge is 0.456 e. The number of hydrogen-bond donors (Lipinski definition) is 0. The fourth-order valence-electron chi connectivity index (χ4n) is 6.96. The first-order chi connectivity index (χ1) is 24.8. The molecule has 0 radical (unpaired) electrons.